The van der Waals surface area contributed by atoms with E-state index in [0.717, 1.165) is 25.7 Å². The molecular formula is C20H28O9. The molecular weight excluding hydrogens is 384 g/mol. The summed E-state index contributed by atoms with van der Waals surface area (Å²) in [6.07, 6.45) is 5.57. The number of fused-ring (bicyclic) bond motifs is 2. The first kappa shape index (κ1) is 20.9. The lowest BCUT2D eigenvalue weighted by molar-refractivity contribution is -0.497. The summed E-state index contributed by atoms with van der Waals surface area (Å²) in [6.45, 7) is 1.03. The molecule has 0 aromatic rings. The van der Waals surface area contributed by atoms with Crippen LogP contribution in [-0.2, 0) is 38.0 Å². The van der Waals surface area contributed by atoms with E-state index in [0.29, 0.717) is 32.3 Å². The maximum atomic E-state index is 12.2. The van der Waals surface area contributed by atoms with Crippen LogP contribution < -0.4 is 0 Å². The average Bonchev–Trinajstić information content (AvgIpc) is 2.74. The van der Waals surface area contributed by atoms with Crippen LogP contribution in [0.1, 0.15) is 44.9 Å². The van der Waals surface area contributed by atoms with Crippen molar-refractivity contribution in [2.45, 2.75) is 80.6 Å². The molecule has 1 N–H and O–H groups in total. The number of carbonyl (C=O) groups excluding carboxylic acids is 2. The molecule has 4 fully saturated rings. The molecule has 0 bridgehead atoms. The first-order valence-corrected chi connectivity index (χ1v) is 10.2. The predicted molar refractivity (Wildman–Crippen MR) is 96.5 cm³/mol. The normalized spacial score (nSPS) is 45.2. The van der Waals surface area contributed by atoms with Gasteiger partial charge in [-0.2, -0.15) is 0 Å². The maximum Gasteiger partial charge on any atom is 0.366 e. The van der Waals surface area contributed by atoms with E-state index in [-0.39, 0.29) is 6.42 Å². The van der Waals surface area contributed by atoms with Crippen LogP contribution in [-0.4, -0.2) is 73.4 Å². The second-order valence-corrected chi connectivity index (χ2v) is 7.94. The molecule has 4 saturated heterocycles. The molecule has 29 heavy (non-hydrogen) atoms. The van der Waals surface area contributed by atoms with Crippen molar-refractivity contribution in [1.82, 2.24) is 0 Å². The van der Waals surface area contributed by atoms with Gasteiger partial charge < -0.3 is 33.5 Å². The van der Waals surface area contributed by atoms with E-state index in [1.54, 1.807) is 0 Å². The van der Waals surface area contributed by atoms with Crippen molar-refractivity contribution < 1.29 is 43.1 Å². The molecule has 9 heteroatoms. The molecule has 4 heterocycles. The van der Waals surface area contributed by atoms with E-state index in [1.807, 2.05) is 0 Å². The van der Waals surface area contributed by atoms with Gasteiger partial charge in [-0.1, -0.05) is 0 Å². The highest BCUT2D eigenvalue weighted by molar-refractivity contribution is 5.77. The number of allylic oxidation sites excluding steroid dienone is 1. The van der Waals surface area contributed by atoms with Gasteiger partial charge in [0.15, 0.2) is 0 Å². The molecule has 0 aromatic carbocycles. The highest BCUT2D eigenvalue weighted by Crippen LogP contribution is 2.52. The minimum atomic E-state index is -2.22. The molecule has 162 valence electrons. The lowest BCUT2D eigenvalue weighted by Crippen LogP contribution is -2.74. The molecule has 4 aliphatic rings. The van der Waals surface area contributed by atoms with E-state index in [9.17, 15) is 14.7 Å². The van der Waals surface area contributed by atoms with Crippen LogP contribution in [0.15, 0.2) is 12.2 Å². The molecule has 0 saturated carbocycles. The number of rotatable bonds is 3. The highest BCUT2D eigenvalue weighted by atomic mass is 16.8. The van der Waals surface area contributed by atoms with Crippen molar-refractivity contribution in [3.05, 3.63) is 12.2 Å². The van der Waals surface area contributed by atoms with Gasteiger partial charge in [0.25, 0.3) is 5.79 Å². The summed E-state index contributed by atoms with van der Waals surface area (Å²) in [5.74, 6) is -5.35. The number of methoxy groups -OCH3 is 1. The van der Waals surface area contributed by atoms with Crippen LogP contribution in [0.4, 0.5) is 0 Å². The fraction of sp³-hybridized carbons (Fsp3) is 0.800. The van der Waals surface area contributed by atoms with Crippen LogP contribution in [0.25, 0.3) is 0 Å². The van der Waals surface area contributed by atoms with Crippen LogP contribution in [0.5, 0.6) is 0 Å². The molecule has 0 aliphatic carbocycles. The van der Waals surface area contributed by atoms with Crippen molar-refractivity contribution in [3.63, 3.8) is 0 Å². The minimum absolute atomic E-state index is 0.184. The molecule has 4 rings (SSSR count). The number of carbonyl (C=O) groups is 2. The SMILES string of the molecule is COC(=O)[C@@]1(O)C[C@H]2O[C@@]3(CCCCO3)[C@]3(CCCCO3)O[C@@H]2[C@@H](/C=C\C=O)O1. The lowest BCUT2D eigenvalue weighted by atomic mass is 9.85. The molecule has 2 spiro atoms. The molecule has 6 atom stereocenters. The fourth-order valence-corrected chi connectivity index (χ4v) is 4.76. The third-order valence-corrected chi connectivity index (χ3v) is 6.10. The summed E-state index contributed by atoms with van der Waals surface area (Å²) in [4.78, 5) is 23.1. The zero-order chi connectivity index (χ0) is 20.5. The smallest absolute Gasteiger partial charge is 0.366 e. The predicted octanol–water partition coefficient (Wildman–Crippen LogP) is 0.970. The van der Waals surface area contributed by atoms with Crippen LogP contribution in [0.3, 0.4) is 0 Å². The van der Waals surface area contributed by atoms with Gasteiger partial charge in [0, 0.05) is 19.3 Å². The number of hydrogen-bond donors (Lipinski definition) is 1. The summed E-state index contributed by atoms with van der Waals surface area (Å²) >= 11 is 0. The Morgan fingerprint density at radius 1 is 1.03 bits per heavy atom. The molecule has 0 unspecified atom stereocenters. The first-order valence-electron chi connectivity index (χ1n) is 10.2. The summed E-state index contributed by atoms with van der Waals surface area (Å²) in [6, 6.07) is 0. The molecule has 0 radical (unpaired) electrons. The van der Waals surface area contributed by atoms with Crippen LogP contribution >= 0.6 is 0 Å². The molecule has 4 aliphatic heterocycles. The Morgan fingerprint density at radius 2 is 1.69 bits per heavy atom. The largest absolute Gasteiger partial charge is 0.465 e. The monoisotopic (exact) mass is 412 g/mol. The van der Waals surface area contributed by atoms with E-state index in [4.69, 9.17) is 28.4 Å². The summed E-state index contributed by atoms with van der Waals surface area (Å²) < 4.78 is 35.6. The number of aldehydes is 1. The van der Waals surface area contributed by atoms with Crippen molar-refractivity contribution >= 4 is 12.3 Å². The second-order valence-electron chi connectivity index (χ2n) is 7.94. The highest BCUT2D eigenvalue weighted by Gasteiger charge is 2.67. The van der Waals surface area contributed by atoms with Gasteiger partial charge in [-0.05, 0) is 37.8 Å². The van der Waals surface area contributed by atoms with Crippen molar-refractivity contribution in [2.75, 3.05) is 20.3 Å². The van der Waals surface area contributed by atoms with E-state index in [1.165, 1.54) is 19.3 Å². The Balaban J connectivity index is 1.70. The quantitative estimate of drug-likeness (QED) is 0.412. The van der Waals surface area contributed by atoms with Gasteiger partial charge in [0.05, 0.1) is 26.4 Å². The van der Waals surface area contributed by atoms with Gasteiger partial charge in [0.2, 0.25) is 11.6 Å². The zero-order valence-electron chi connectivity index (χ0n) is 16.5. The van der Waals surface area contributed by atoms with Gasteiger partial charge in [-0.3, -0.25) is 4.79 Å². The number of aliphatic hydroxyl groups is 1. The minimum Gasteiger partial charge on any atom is -0.465 e. The Morgan fingerprint density at radius 3 is 2.24 bits per heavy atom. The Kier molecular flexibility index (Phi) is 5.80. The third-order valence-electron chi connectivity index (χ3n) is 6.10. The topological polar surface area (TPSA) is 110 Å². The van der Waals surface area contributed by atoms with Gasteiger partial charge >= 0.3 is 5.97 Å². The summed E-state index contributed by atoms with van der Waals surface area (Å²) in [7, 11) is 1.17. The second kappa shape index (κ2) is 8.05. The zero-order valence-corrected chi connectivity index (χ0v) is 16.5. The van der Waals surface area contributed by atoms with Crippen molar-refractivity contribution in [2.24, 2.45) is 0 Å². The molecule has 9 nitrogen and oxygen atoms in total. The fourth-order valence-electron chi connectivity index (χ4n) is 4.76. The summed E-state index contributed by atoms with van der Waals surface area (Å²) in [5.41, 5.74) is 0. The Labute approximate surface area is 169 Å². The number of ether oxygens (including phenoxy) is 6. The molecule has 0 aromatic heterocycles. The van der Waals surface area contributed by atoms with Gasteiger partial charge in [-0.25, -0.2) is 4.79 Å². The van der Waals surface area contributed by atoms with E-state index >= 15 is 0 Å². The van der Waals surface area contributed by atoms with E-state index < -0.39 is 41.6 Å². The van der Waals surface area contributed by atoms with Crippen LogP contribution in [0.2, 0.25) is 0 Å². The third kappa shape index (κ3) is 3.54. The maximum absolute atomic E-state index is 12.2. The summed E-state index contributed by atoms with van der Waals surface area (Å²) in [5, 5.41) is 10.8. The van der Waals surface area contributed by atoms with Crippen molar-refractivity contribution in [3.8, 4) is 0 Å². The van der Waals surface area contributed by atoms with Crippen LogP contribution in [0, 0.1) is 0 Å². The van der Waals surface area contributed by atoms with Crippen molar-refractivity contribution in [1.29, 1.82) is 0 Å². The standard InChI is InChI=1S/C20H28O9/c1-24-17(22)18(23)13-15-16(14(27-18)7-6-10-21)29-20(9-3-5-12-26-20)19(28-15)8-2-4-11-25-19/h6-7,10,14-16,23H,2-5,8-9,11-13H2,1H3/b7-6-/t14-,15-,16-,18-,19+,20+/m1/s1. The first-order chi connectivity index (χ1) is 14.0. The van der Waals surface area contributed by atoms with E-state index in [2.05, 4.69) is 0 Å². The number of esters is 1. The Hall–Kier alpha value is -1.36. The average molecular weight is 412 g/mol. The lowest BCUT2D eigenvalue weighted by Gasteiger charge is -2.60. The molecule has 0 amide bonds. The van der Waals surface area contributed by atoms with Gasteiger partial charge in [-0.15, -0.1) is 0 Å². The number of hydrogen-bond acceptors (Lipinski definition) is 9. The van der Waals surface area contributed by atoms with Gasteiger partial charge in [0.1, 0.15) is 18.5 Å². The Bertz CT molecular complexity index is 650.